The molecular weight excluding hydrogens is 234 g/mol. The summed E-state index contributed by atoms with van der Waals surface area (Å²) in [6.07, 6.45) is 6.31. The fourth-order valence-corrected chi connectivity index (χ4v) is 3.24. The van der Waals surface area contributed by atoms with Crippen LogP contribution < -0.4 is 5.73 Å². The van der Waals surface area contributed by atoms with Gasteiger partial charge in [0.25, 0.3) is 0 Å². The van der Waals surface area contributed by atoms with Gasteiger partial charge in [0.2, 0.25) is 0 Å². The SMILES string of the molecule is Cn1nccc1CCC1(CN)Cc2ccccc2C1. The Labute approximate surface area is 114 Å². The molecule has 1 aliphatic carbocycles. The Morgan fingerprint density at radius 1 is 1.21 bits per heavy atom. The highest BCUT2D eigenvalue weighted by atomic mass is 15.2. The standard InChI is InChI=1S/C16H21N3/c1-19-15(7-9-18-19)6-8-16(12-17)10-13-4-2-3-5-14(13)11-16/h2-5,7,9H,6,8,10-12,17H2,1H3. The molecule has 1 aliphatic rings. The zero-order valence-electron chi connectivity index (χ0n) is 11.5. The Morgan fingerprint density at radius 2 is 1.89 bits per heavy atom. The number of benzene rings is 1. The minimum absolute atomic E-state index is 0.244. The van der Waals surface area contributed by atoms with Crippen LogP contribution in [0.25, 0.3) is 0 Å². The summed E-state index contributed by atoms with van der Waals surface area (Å²) < 4.78 is 1.96. The molecule has 2 aromatic rings. The molecule has 0 radical (unpaired) electrons. The van der Waals surface area contributed by atoms with Gasteiger partial charge in [0.15, 0.2) is 0 Å². The summed E-state index contributed by atoms with van der Waals surface area (Å²) >= 11 is 0. The summed E-state index contributed by atoms with van der Waals surface area (Å²) in [4.78, 5) is 0. The van der Waals surface area contributed by atoms with Crippen LogP contribution in [0.4, 0.5) is 0 Å². The normalized spacial score (nSPS) is 16.5. The Bertz CT molecular complexity index is 546. The number of nitrogens with two attached hydrogens (primary N) is 1. The molecule has 3 nitrogen and oxygen atoms in total. The highest BCUT2D eigenvalue weighted by Gasteiger charge is 2.35. The zero-order valence-corrected chi connectivity index (χ0v) is 11.5. The number of hydrogen-bond donors (Lipinski definition) is 1. The summed E-state index contributed by atoms with van der Waals surface area (Å²) in [5.74, 6) is 0. The molecule has 19 heavy (non-hydrogen) atoms. The molecule has 1 aromatic carbocycles. The predicted molar refractivity (Wildman–Crippen MR) is 76.9 cm³/mol. The van der Waals surface area contributed by atoms with Crippen molar-refractivity contribution < 1.29 is 0 Å². The summed E-state index contributed by atoms with van der Waals surface area (Å²) in [6.45, 7) is 0.763. The third-order valence-corrected chi connectivity index (χ3v) is 4.52. The van der Waals surface area contributed by atoms with E-state index in [0.717, 1.165) is 32.2 Å². The van der Waals surface area contributed by atoms with Crippen LogP contribution in [0.15, 0.2) is 36.5 Å². The summed E-state index contributed by atoms with van der Waals surface area (Å²) in [7, 11) is 2.01. The van der Waals surface area contributed by atoms with Crippen molar-refractivity contribution in [2.24, 2.45) is 18.2 Å². The largest absolute Gasteiger partial charge is 0.330 e. The molecule has 0 amide bonds. The van der Waals surface area contributed by atoms with Gasteiger partial charge in [0, 0.05) is 18.9 Å². The average Bonchev–Trinajstić information content (AvgIpc) is 3.00. The van der Waals surface area contributed by atoms with Gasteiger partial charge in [0.1, 0.15) is 0 Å². The second kappa shape index (κ2) is 4.82. The van der Waals surface area contributed by atoms with Crippen LogP contribution >= 0.6 is 0 Å². The van der Waals surface area contributed by atoms with E-state index in [0.29, 0.717) is 0 Å². The third-order valence-electron chi connectivity index (χ3n) is 4.52. The van der Waals surface area contributed by atoms with Crippen LogP contribution in [0.2, 0.25) is 0 Å². The van der Waals surface area contributed by atoms with Gasteiger partial charge in [-0.25, -0.2) is 0 Å². The van der Waals surface area contributed by atoms with E-state index in [9.17, 15) is 0 Å². The first-order chi connectivity index (χ1) is 9.22. The van der Waals surface area contributed by atoms with Crippen LogP contribution in [-0.4, -0.2) is 16.3 Å². The minimum atomic E-state index is 0.244. The molecule has 0 saturated heterocycles. The molecule has 0 unspecified atom stereocenters. The van der Waals surface area contributed by atoms with Gasteiger partial charge < -0.3 is 5.73 Å². The van der Waals surface area contributed by atoms with Crippen molar-refractivity contribution in [2.75, 3.05) is 6.54 Å². The van der Waals surface area contributed by atoms with E-state index in [1.165, 1.54) is 16.8 Å². The van der Waals surface area contributed by atoms with Gasteiger partial charge in [-0.15, -0.1) is 0 Å². The van der Waals surface area contributed by atoms with Gasteiger partial charge in [-0.3, -0.25) is 4.68 Å². The van der Waals surface area contributed by atoms with Crippen molar-refractivity contribution in [1.29, 1.82) is 0 Å². The van der Waals surface area contributed by atoms with Crippen LogP contribution in [0.3, 0.4) is 0 Å². The van der Waals surface area contributed by atoms with Crippen molar-refractivity contribution in [1.82, 2.24) is 9.78 Å². The second-order valence-electron chi connectivity index (χ2n) is 5.77. The number of hydrogen-bond acceptors (Lipinski definition) is 2. The number of nitrogens with zero attached hydrogens (tertiary/aromatic N) is 2. The molecule has 3 heteroatoms. The second-order valence-corrected chi connectivity index (χ2v) is 5.77. The van der Waals surface area contributed by atoms with Gasteiger partial charge in [-0.1, -0.05) is 24.3 Å². The first kappa shape index (κ1) is 12.4. The minimum Gasteiger partial charge on any atom is -0.330 e. The Kier molecular flexibility index (Phi) is 3.15. The fourth-order valence-electron chi connectivity index (χ4n) is 3.24. The maximum absolute atomic E-state index is 6.10. The lowest BCUT2D eigenvalue weighted by Gasteiger charge is -2.27. The van der Waals surface area contributed by atoms with Gasteiger partial charge in [0.05, 0.1) is 0 Å². The predicted octanol–water partition coefficient (Wildman–Crippen LogP) is 2.10. The maximum Gasteiger partial charge on any atom is 0.0492 e. The third kappa shape index (κ3) is 2.30. The molecule has 100 valence electrons. The van der Waals surface area contributed by atoms with Crippen LogP contribution in [0, 0.1) is 5.41 Å². The van der Waals surface area contributed by atoms with E-state index in [1.807, 2.05) is 17.9 Å². The van der Waals surface area contributed by atoms with Crippen LogP contribution in [-0.2, 0) is 26.3 Å². The molecule has 1 aromatic heterocycles. The lowest BCUT2D eigenvalue weighted by molar-refractivity contribution is 0.288. The van der Waals surface area contributed by atoms with E-state index in [4.69, 9.17) is 5.73 Å². The first-order valence-corrected chi connectivity index (χ1v) is 6.96. The number of rotatable bonds is 4. The number of fused-ring (bicyclic) bond motifs is 1. The molecule has 0 spiro atoms. The molecule has 0 fully saturated rings. The molecule has 0 saturated carbocycles. The molecule has 1 heterocycles. The van der Waals surface area contributed by atoms with Crippen molar-refractivity contribution in [3.8, 4) is 0 Å². The molecule has 0 aliphatic heterocycles. The smallest absolute Gasteiger partial charge is 0.0492 e. The summed E-state index contributed by atoms with van der Waals surface area (Å²) in [5, 5.41) is 4.24. The van der Waals surface area contributed by atoms with Crippen molar-refractivity contribution in [3.05, 3.63) is 53.3 Å². The Balaban J connectivity index is 1.74. The summed E-state index contributed by atoms with van der Waals surface area (Å²) in [5.41, 5.74) is 10.6. The summed E-state index contributed by atoms with van der Waals surface area (Å²) in [6, 6.07) is 10.9. The molecule has 3 rings (SSSR count). The first-order valence-electron chi connectivity index (χ1n) is 6.96. The van der Waals surface area contributed by atoms with Crippen LogP contribution in [0.1, 0.15) is 23.2 Å². The molecular formula is C16H21N3. The van der Waals surface area contributed by atoms with E-state index < -0.39 is 0 Å². The monoisotopic (exact) mass is 255 g/mol. The quantitative estimate of drug-likeness (QED) is 0.909. The highest BCUT2D eigenvalue weighted by Crippen LogP contribution is 2.39. The van der Waals surface area contributed by atoms with E-state index in [2.05, 4.69) is 35.4 Å². The van der Waals surface area contributed by atoms with Gasteiger partial charge in [-0.2, -0.15) is 5.10 Å². The average molecular weight is 255 g/mol. The maximum atomic E-state index is 6.10. The van der Waals surface area contributed by atoms with Crippen molar-refractivity contribution in [3.63, 3.8) is 0 Å². The van der Waals surface area contributed by atoms with Gasteiger partial charge in [-0.05, 0) is 54.8 Å². The van der Waals surface area contributed by atoms with E-state index >= 15 is 0 Å². The van der Waals surface area contributed by atoms with Crippen molar-refractivity contribution in [2.45, 2.75) is 25.7 Å². The topological polar surface area (TPSA) is 43.8 Å². The van der Waals surface area contributed by atoms with E-state index in [-0.39, 0.29) is 5.41 Å². The molecule has 0 bridgehead atoms. The van der Waals surface area contributed by atoms with Crippen LogP contribution in [0.5, 0.6) is 0 Å². The van der Waals surface area contributed by atoms with Gasteiger partial charge >= 0.3 is 0 Å². The number of aryl methyl sites for hydroxylation is 2. The molecule has 0 atom stereocenters. The fraction of sp³-hybridized carbons (Fsp3) is 0.438. The number of aromatic nitrogens is 2. The molecule has 2 N–H and O–H groups in total. The lowest BCUT2D eigenvalue weighted by Crippen LogP contribution is -2.32. The van der Waals surface area contributed by atoms with E-state index in [1.54, 1.807) is 0 Å². The highest BCUT2D eigenvalue weighted by molar-refractivity contribution is 5.34. The Hall–Kier alpha value is -1.61. The van der Waals surface area contributed by atoms with Crippen molar-refractivity contribution >= 4 is 0 Å². The lowest BCUT2D eigenvalue weighted by atomic mass is 9.80. The zero-order chi connectivity index (χ0) is 13.3. The Morgan fingerprint density at radius 3 is 2.42 bits per heavy atom.